The Labute approximate surface area is 95.8 Å². The second-order valence-electron chi connectivity index (χ2n) is 3.95. The van der Waals surface area contributed by atoms with Crippen LogP contribution in [0.1, 0.15) is 18.5 Å². The minimum atomic E-state index is 0.121. The molecule has 3 heteroatoms. The van der Waals surface area contributed by atoms with Crippen LogP contribution in [0.4, 0.5) is 5.69 Å². The van der Waals surface area contributed by atoms with E-state index in [4.69, 9.17) is 5.73 Å². The fraction of sp³-hybridized carbons (Fsp3) is 0.500. The maximum Gasteiger partial charge on any atom is 0.0415 e. The van der Waals surface area contributed by atoms with Gasteiger partial charge in [-0.25, -0.2) is 0 Å². The van der Waals surface area contributed by atoms with Crippen LogP contribution in [-0.2, 0) is 0 Å². The van der Waals surface area contributed by atoms with Gasteiger partial charge in [-0.05, 0) is 18.6 Å². The summed E-state index contributed by atoms with van der Waals surface area (Å²) in [7, 11) is 0. The zero-order valence-corrected chi connectivity index (χ0v) is 9.96. The van der Waals surface area contributed by atoms with Crippen molar-refractivity contribution in [1.82, 2.24) is 0 Å². The quantitative estimate of drug-likeness (QED) is 0.832. The molecule has 1 atom stereocenters. The van der Waals surface area contributed by atoms with Gasteiger partial charge in [-0.15, -0.1) is 0 Å². The van der Waals surface area contributed by atoms with Gasteiger partial charge in [0.2, 0.25) is 0 Å². The van der Waals surface area contributed by atoms with Crippen LogP contribution in [0.2, 0.25) is 0 Å². The third kappa shape index (κ3) is 2.47. The summed E-state index contributed by atoms with van der Waals surface area (Å²) in [6.07, 6.45) is 0. The lowest BCUT2D eigenvalue weighted by atomic mass is 10.1. The largest absolute Gasteiger partial charge is 0.370 e. The van der Waals surface area contributed by atoms with Crippen LogP contribution in [0.25, 0.3) is 0 Å². The lowest BCUT2D eigenvalue weighted by Gasteiger charge is -2.31. The second kappa shape index (κ2) is 4.90. The van der Waals surface area contributed by atoms with Gasteiger partial charge in [-0.2, -0.15) is 11.8 Å². The summed E-state index contributed by atoms with van der Waals surface area (Å²) in [6.45, 7) is 4.35. The summed E-state index contributed by atoms with van der Waals surface area (Å²) in [4.78, 5) is 2.45. The molecule has 0 amide bonds. The standard InChI is InChI=1S/C12H18N2S/c1-10(13)11-4-2-3-5-12(11)14-6-8-15-9-7-14/h2-5,10H,6-9,13H2,1H3. The van der Waals surface area contributed by atoms with Crippen molar-refractivity contribution in [2.45, 2.75) is 13.0 Å². The number of benzene rings is 1. The third-order valence-corrected chi connectivity index (χ3v) is 3.72. The highest BCUT2D eigenvalue weighted by molar-refractivity contribution is 7.99. The van der Waals surface area contributed by atoms with Crippen LogP contribution in [0.5, 0.6) is 0 Å². The SMILES string of the molecule is CC(N)c1ccccc1N1CCSCC1. The molecule has 0 spiro atoms. The summed E-state index contributed by atoms with van der Waals surface area (Å²) < 4.78 is 0. The van der Waals surface area contributed by atoms with Gasteiger partial charge in [0, 0.05) is 36.3 Å². The van der Waals surface area contributed by atoms with Crippen molar-refractivity contribution in [3.05, 3.63) is 29.8 Å². The summed E-state index contributed by atoms with van der Waals surface area (Å²) in [5, 5.41) is 0. The smallest absolute Gasteiger partial charge is 0.0415 e. The first-order valence-corrected chi connectivity index (χ1v) is 6.61. The highest BCUT2D eigenvalue weighted by Gasteiger charge is 2.15. The molecule has 2 N–H and O–H groups in total. The van der Waals surface area contributed by atoms with E-state index in [-0.39, 0.29) is 6.04 Å². The maximum atomic E-state index is 5.99. The van der Waals surface area contributed by atoms with Gasteiger partial charge in [0.15, 0.2) is 0 Å². The predicted octanol–water partition coefficient (Wildman–Crippen LogP) is 2.26. The molecule has 1 unspecified atom stereocenters. The lowest BCUT2D eigenvalue weighted by Crippen LogP contribution is -2.33. The number of para-hydroxylation sites is 1. The van der Waals surface area contributed by atoms with Crippen LogP contribution in [0.15, 0.2) is 24.3 Å². The Morgan fingerprint density at radius 1 is 1.27 bits per heavy atom. The van der Waals surface area contributed by atoms with Gasteiger partial charge in [0.25, 0.3) is 0 Å². The Balaban J connectivity index is 2.25. The minimum Gasteiger partial charge on any atom is -0.370 e. The molecule has 1 heterocycles. The van der Waals surface area contributed by atoms with E-state index in [0.29, 0.717) is 0 Å². The molecule has 0 bridgehead atoms. The van der Waals surface area contributed by atoms with E-state index in [0.717, 1.165) is 13.1 Å². The molecule has 0 aromatic heterocycles. The van der Waals surface area contributed by atoms with E-state index in [9.17, 15) is 0 Å². The summed E-state index contributed by atoms with van der Waals surface area (Å²) in [5.41, 5.74) is 8.58. The van der Waals surface area contributed by atoms with E-state index >= 15 is 0 Å². The van der Waals surface area contributed by atoms with Crippen LogP contribution in [-0.4, -0.2) is 24.6 Å². The molecule has 1 aliphatic rings. The Hall–Kier alpha value is -0.670. The van der Waals surface area contributed by atoms with Crippen LogP contribution in [0, 0.1) is 0 Å². The average molecular weight is 222 g/mol. The van der Waals surface area contributed by atoms with E-state index < -0.39 is 0 Å². The van der Waals surface area contributed by atoms with Gasteiger partial charge in [-0.3, -0.25) is 0 Å². The van der Waals surface area contributed by atoms with Crippen molar-refractivity contribution in [2.24, 2.45) is 5.73 Å². The topological polar surface area (TPSA) is 29.3 Å². The summed E-state index contributed by atoms with van der Waals surface area (Å²) in [5.74, 6) is 2.46. The molecule has 1 aromatic rings. The Morgan fingerprint density at radius 3 is 2.60 bits per heavy atom. The molecule has 2 rings (SSSR count). The fourth-order valence-corrected chi connectivity index (χ4v) is 2.87. The molecule has 82 valence electrons. The molecule has 1 aromatic carbocycles. The molecule has 0 radical (unpaired) electrons. The Morgan fingerprint density at radius 2 is 1.93 bits per heavy atom. The zero-order chi connectivity index (χ0) is 10.7. The number of thioether (sulfide) groups is 1. The molecule has 1 fully saturated rings. The maximum absolute atomic E-state index is 5.99. The lowest BCUT2D eigenvalue weighted by molar-refractivity contribution is 0.788. The van der Waals surface area contributed by atoms with Gasteiger partial charge in [0.05, 0.1) is 0 Å². The number of hydrogen-bond donors (Lipinski definition) is 1. The molecule has 1 aliphatic heterocycles. The summed E-state index contributed by atoms with van der Waals surface area (Å²) in [6, 6.07) is 8.62. The van der Waals surface area contributed by atoms with Crippen molar-refractivity contribution >= 4 is 17.4 Å². The van der Waals surface area contributed by atoms with Crippen molar-refractivity contribution in [1.29, 1.82) is 0 Å². The number of hydrogen-bond acceptors (Lipinski definition) is 3. The van der Waals surface area contributed by atoms with Crippen molar-refractivity contribution < 1.29 is 0 Å². The molecular formula is C12H18N2S. The van der Waals surface area contributed by atoms with E-state index in [1.807, 2.05) is 11.8 Å². The first kappa shape index (κ1) is 10.8. The molecule has 0 aliphatic carbocycles. The minimum absolute atomic E-state index is 0.121. The monoisotopic (exact) mass is 222 g/mol. The van der Waals surface area contributed by atoms with Gasteiger partial charge < -0.3 is 10.6 Å². The number of nitrogens with zero attached hydrogens (tertiary/aromatic N) is 1. The van der Waals surface area contributed by atoms with Gasteiger partial charge >= 0.3 is 0 Å². The molecular weight excluding hydrogens is 204 g/mol. The Kier molecular flexibility index (Phi) is 3.54. The normalized spacial score (nSPS) is 18.9. The van der Waals surface area contributed by atoms with E-state index in [2.05, 4.69) is 36.1 Å². The van der Waals surface area contributed by atoms with Gasteiger partial charge in [-0.1, -0.05) is 18.2 Å². The number of nitrogens with two attached hydrogens (primary N) is 1. The number of rotatable bonds is 2. The second-order valence-corrected chi connectivity index (χ2v) is 5.17. The fourth-order valence-electron chi connectivity index (χ4n) is 1.96. The number of anilines is 1. The predicted molar refractivity (Wildman–Crippen MR) is 68.6 cm³/mol. The first-order chi connectivity index (χ1) is 7.29. The van der Waals surface area contributed by atoms with Crippen molar-refractivity contribution in [3.8, 4) is 0 Å². The average Bonchev–Trinajstić information content (AvgIpc) is 2.30. The Bertz CT molecular complexity index is 319. The zero-order valence-electron chi connectivity index (χ0n) is 9.15. The van der Waals surface area contributed by atoms with Crippen LogP contribution >= 0.6 is 11.8 Å². The molecule has 1 saturated heterocycles. The first-order valence-electron chi connectivity index (χ1n) is 5.46. The summed E-state index contributed by atoms with van der Waals surface area (Å²) >= 11 is 2.03. The highest BCUT2D eigenvalue weighted by Crippen LogP contribution is 2.26. The highest BCUT2D eigenvalue weighted by atomic mass is 32.2. The third-order valence-electron chi connectivity index (χ3n) is 2.78. The molecule has 15 heavy (non-hydrogen) atoms. The molecule has 2 nitrogen and oxygen atoms in total. The molecule has 0 saturated carbocycles. The van der Waals surface area contributed by atoms with Gasteiger partial charge in [0.1, 0.15) is 0 Å². The van der Waals surface area contributed by atoms with E-state index in [1.165, 1.54) is 22.8 Å². The van der Waals surface area contributed by atoms with Crippen molar-refractivity contribution in [3.63, 3.8) is 0 Å². The van der Waals surface area contributed by atoms with Crippen LogP contribution in [0.3, 0.4) is 0 Å². The van der Waals surface area contributed by atoms with E-state index in [1.54, 1.807) is 0 Å². The van der Waals surface area contributed by atoms with Crippen molar-refractivity contribution in [2.75, 3.05) is 29.5 Å². The van der Waals surface area contributed by atoms with Crippen LogP contribution < -0.4 is 10.6 Å².